The number of carbonyl (C=O) groups excluding carboxylic acids is 1. The van der Waals surface area contributed by atoms with Crippen molar-refractivity contribution in [2.24, 2.45) is 4.99 Å². The molecule has 0 saturated carbocycles. The smallest absolute Gasteiger partial charge is 0.416 e. The standard InChI is InChI=1S/C36H32F7N3O5/c1-17-9-20(33(48)49)5-6-25(17)21-13-26(31(47)27(37)14-21)30-18(2)10-29(45-7-4-8-45)44-28(30)16-46-19(3)32(51-34(46)50)22-11-23(35(38,39)40)15-24(12-22)36(41,42)43/h5-6,9,11-15,19,29,32,47H,4,7-8,10,16H2,1-3H3,(H,48,49)/t19-,29?,32-/m0/s1. The Hall–Kier alpha value is -4.92. The van der Waals surface area contributed by atoms with Crippen molar-refractivity contribution in [1.29, 1.82) is 0 Å². The molecular weight excluding hydrogens is 687 g/mol. The Morgan fingerprint density at radius 2 is 1.61 bits per heavy atom. The Labute approximate surface area is 287 Å². The molecule has 2 saturated heterocycles. The van der Waals surface area contributed by atoms with Gasteiger partial charge < -0.3 is 14.9 Å². The lowest BCUT2D eigenvalue weighted by Gasteiger charge is -2.39. The van der Waals surface area contributed by atoms with Crippen LogP contribution in [-0.2, 0) is 17.1 Å². The quantitative estimate of drug-likeness (QED) is 0.238. The molecule has 1 amide bonds. The number of rotatable bonds is 7. The van der Waals surface area contributed by atoms with Crippen LogP contribution in [0.5, 0.6) is 5.75 Å². The summed E-state index contributed by atoms with van der Waals surface area (Å²) in [4.78, 5) is 32.9. The number of phenols is 1. The van der Waals surface area contributed by atoms with Gasteiger partial charge in [-0.15, -0.1) is 0 Å². The summed E-state index contributed by atoms with van der Waals surface area (Å²) in [5.41, 5.74) is -0.968. The maximum absolute atomic E-state index is 15.5. The molecule has 3 aliphatic heterocycles. The maximum atomic E-state index is 15.5. The molecule has 0 aliphatic carbocycles. The summed E-state index contributed by atoms with van der Waals surface area (Å²) in [6.45, 7) is 6.01. The lowest BCUT2D eigenvalue weighted by molar-refractivity contribution is -0.143. The number of nitrogens with zero attached hydrogens (tertiary/aromatic N) is 3. The lowest BCUT2D eigenvalue weighted by Crippen LogP contribution is -2.47. The molecule has 3 aliphatic rings. The average Bonchev–Trinajstić information content (AvgIpc) is 3.29. The third-order valence-corrected chi connectivity index (χ3v) is 9.59. The molecule has 8 nitrogen and oxygen atoms in total. The molecule has 1 unspecified atom stereocenters. The van der Waals surface area contributed by atoms with E-state index in [1.807, 2.05) is 0 Å². The number of dihydropyridines is 1. The first-order valence-electron chi connectivity index (χ1n) is 16.0. The van der Waals surface area contributed by atoms with E-state index in [9.17, 15) is 46.1 Å². The minimum Gasteiger partial charge on any atom is -0.504 e. The van der Waals surface area contributed by atoms with E-state index < -0.39 is 64.8 Å². The van der Waals surface area contributed by atoms with Crippen LogP contribution >= 0.6 is 0 Å². The zero-order chi connectivity index (χ0) is 37.2. The summed E-state index contributed by atoms with van der Waals surface area (Å²) in [5.74, 6) is -2.83. The van der Waals surface area contributed by atoms with Gasteiger partial charge in [0.15, 0.2) is 11.6 Å². The van der Waals surface area contributed by atoms with Crippen molar-refractivity contribution in [2.45, 2.75) is 64.3 Å². The number of cyclic esters (lactones) is 1. The van der Waals surface area contributed by atoms with Crippen molar-refractivity contribution in [3.05, 3.63) is 93.3 Å². The largest absolute Gasteiger partial charge is 0.504 e. The molecule has 0 radical (unpaired) electrons. The molecule has 270 valence electrons. The Morgan fingerprint density at radius 3 is 2.16 bits per heavy atom. The highest BCUT2D eigenvalue weighted by Crippen LogP contribution is 2.43. The molecule has 3 aromatic carbocycles. The van der Waals surface area contributed by atoms with Crippen LogP contribution in [0.3, 0.4) is 0 Å². The number of likely N-dealkylation sites (tertiary alicyclic amines) is 1. The number of carboxylic acids is 1. The summed E-state index contributed by atoms with van der Waals surface area (Å²) >= 11 is 0. The van der Waals surface area contributed by atoms with Crippen LogP contribution in [0.4, 0.5) is 35.5 Å². The van der Waals surface area contributed by atoms with E-state index in [0.29, 0.717) is 46.4 Å². The first-order chi connectivity index (χ1) is 23.8. The van der Waals surface area contributed by atoms with Crippen molar-refractivity contribution in [3.63, 3.8) is 0 Å². The van der Waals surface area contributed by atoms with E-state index in [4.69, 9.17) is 9.73 Å². The van der Waals surface area contributed by atoms with Gasteiger partial charge in [0.1, 0.15) is 12.3 Å². The summed E-state index contributed by atoms with van der Waals surface area (Å²) in [6.07, 6.45) is -11.8. The second-order valence-corrected chi connectivity index (χ2v) is 13.0. The first kappa shape index (κ1) is 35.9. The Balaban J connectivity index is 1.40. The monoisotopic (exact) mass is 719 g/mol. The van der Waals surface area contributed by atoms with Crippen LogP contribution < -0.4 is 0 Å². The second kappa shape index (κ2) is 13.0. The molecular formula is C36H32F7N3O5. The normalized spacial score (nSPS) is 21.5. The summed E-state index contributed by atoms with van der Waals surface area (Å²) in [6, 6.07) is 6.92. The van der Waals surface area contributed by atoms with Crippen LogP contribution in [0.25, 0.3) is 16.7 Å². The van der Waals surface area contributed by atoms with Gasteiger partial charge in [-0.3, -0.25) is 14.8 Å². The average molecular weight is 720 g/mol. The fourth-order valence-corrected chi connectivity index (χ4v) is 6.80. The van der Waals surface area contributed by atoms with Gasteiger partial charge in [0.2, 0.25) is 0 Å². The predicted molar refractivity (Wildman–Crippen MR) is 172 cm³/mol. The van der Waals surface area contributed by atoms with Gasteiger partial charge in [-0.1, -0.05) is 11.6 Å². The molecule has 0 spiro atoms. The van der Waals surface area contributed by atoms with Gasteiger partial charge in [0.25, 0.3) is 0 Å². The van der Waals surface area contributed by atoms with Gasteiger partial charge >= 0.3 is 24.4 Å². The molecule has 2 fully saturated rings. The van der Waals surface area contributed by atoms with E-state index in [1.165, 1.54) is 31.2 Å². The number of hydrogen-bond acceptors (Lipinski definition) is 6. The Morgan fingerprint density at radius 1 is 0.961 bits per heavy atom. The summed E-state index contributed by atoms with van der Waals surface area (Å²) < 4.78 is 103. The van der Waals surface area contributed by atoms with Crippen LogP contribution in [0.15, 0.2) is 59.1 Å². The van der Waals surface area contributed by atoms with Crippen LogP contribution in [-0.4, -0.2) is 69.6 Å². The summed E-state index contributed by atoms with van der Waals surface area (Å²) in [7, 11) is 0. The Kier molecular flexibility index (Phi) is 9.15. The molecule has 3 atom stereocenters. The fraction of sp³-hybridized carbons (Fsp3) is 0.361. The number of halogens is 7. The Bertz CT molecular complexity index is 1950. The minimum absolute atomic E-state index is 0.00300. The molecule has 51 heavy (non-hydrogen) atoms. The van der Waals surface area contributed by atoms with Crippen LogP contribution in [0.2, 0.25) is 0 Å². The number of aromatic carboxylic acids is 1. The molecule has 6 rings (SSSR count). The van der Waals surface area contributed by atoms with E-state index in [1.54, 1.807) is 13.8 Å². The van der Waals surface area contributed by atoms with E-state index >= 15 is 4.39 Å². The number of carbonyl (C=O) groups is 2. The van der Waals surface area contributed by atoms with Crippen LogP contribution in [0.1, 0.15) is 71.0 Å². The zero-order valence-corrected chi connectivity index (χ0v) is 27.5. The molecule has 3 aromatic rings. The first-order valence-corrected chi connectivity index (χ1v) is 16.0. The number of ether oxygens (including phenoxy) is 1. The number of aromatic hydroxyl groups is 1. The highest BCUT2D eigenvalue weighted by Gasteiger charge is 2.44. The topological polar surface area (TPSA) is 103 Å². The molecule has 0 bridgehead atoms. The highest BCUT2D eigenvalue weighted by molar-refractivity contribution is 6.27. The number of amides is 1. The number of hydrogen-bond donors (Lipinski definition) is 2. The molecule has 15 heteroatoms. The van der Waals surface area contributed by atoms with E-state index in [2.05, 4.69) is 4.90 Å². The van der Waals surface area contributed by atoms with Crippen molar-refractivity contribution in [3.8, 4) is 16.9 Å². The van der Waals surface area contributed by atoms with Crippen molar-refractivity contribution in [2.75, 3.05) is 19.6 Å². The van der Waals surface area contributed by atoms with Crippen molar-refractivity contribution in [1.82, 2.24) is 9.80 Å². The van der Waals surface area contributed by atoms with Crippen LogP contribution in [0, 0.1) is 12.7 Å². The number of phenolic OH excluding ortho intramolecular Hbond substituents is 1. The summed E-state index contributed by atoms with van der Waals surface area (Å²) in [5, 5.41) is 20.5. The number of carboxylic acid groups (broad SMARTS) is 1. The van der Waals surface area contributed by atoms with E-state index in [-0.39, 0.29) is 35.6 Å². The lowest BCUT2D eigenvalue weighted by atomic mass is 9.87. The molecule has 2 N–H and O–H groups in total. The second-order valence-electron chi connectivity index (χ2n) is 13.0. The van der Waals surface area contributed by atoms with Crippen molar-refractivity contribution >= 4 is 23.3 Å². The minimum atomic E-state index is -5.11. The third kappa shape index (κ3) is 6.90. The van der Waals surface area contributed by atoms with E-state index in [0.717, 1.165) is 30.5 Å². The van der Waals surface area contributed by atoms with Gasteiger partial charge in [-0.2, -0.15) is 26.3 Å². The zero-order valence-electron chi connectivity index (χ0n) is 27.5. The third-order valence-electron chi connectivity index (χ3n) is 9.59. The maximum Gasteiger partial charge on any atom is 0.416 e. The molecule has 3 heterocycles. The van der Waals surface area contributed by atoms with Gasteiger partial charge in [0, 0.05) is 30.6 Å². The highest BCUT2D eigenvalue weighted by atomic mass is 19.4. The number of benzene rings is 3. The number of alkyl halides is 6. The fourth-order valence-electron chi connectivity index (χ4n) is 6.80. The SMILES string of the molecule is CC1=C(c2cc(-c3ccc(C(=O)O)cc3C)cc(F)c2O)C(CN2C(=O)O[C@H](c3cc(C(F)(F)F)cc(C(F)(F)F)c3)[C@@H]2C)=NC(N2CCC2)C1. The van der Waals surface area contributed by atoms with Gasteiger partial charge in [0.05, 0.1) is 35.0 Å². The van der Waals surface area contributed by atoms with Gasteiger partial charge in [-0.05, 0) is 91.9 Å². The number of aryl methyl sites for hydroxylation is 1. The molecule has 0 aromatic heterocycles. The number of aliphatic imine (C=N–C) groups is 1. The van der Waals surface area contributed by atoms with Crippen molar-refractivity contribution < 1.29 is 55.3 Å². The van der Waals surface area contributed by atoms with Gasteiger partial charge in [-0.25, -0.2) is 14.0 Å². The predicted octanol–water partition coefficient (Wildman–Crippen LogP) is 8.47.